The SMILES string of the molecule is CC(C)c1cc(-c2ccc(F)cc2)nn2cc(C(=O)N3CCN(C(=O)[C@H](O)CC(C)(C)C)C[C@@H]3C)nc12. The van der Waals surface area contributed by atoms with Gasteiger partial charge in [-0.2, -0.15) is 5.10 Å². The first kappa shape index (κ1) is 26.7. The standard InChI is InChI=1S/C28H36FN5O3/c1-17(2)21-13-22(19-7-9-20(29)10-8-19)31-34-16-23(30-25(21)34)26(36)33-12-11-32(15-18(33)3)27(37)24(35)14-28(4,5)6/h7-10,13,16-18,24,35H,11-12,14-15H2,1-6H3/t18-,24+/m0/s1. The molecule has 1 fully saturated rings. The largest absolute Gasteiger partial charge is 0.383 e. The highest BCUT2D eigenvalue weighted by molar-refractivity contribution is 5.93. The van der Waals surface area contributed by atoms with Gasteiger partial charge in [-0.3, -0.25) is 9.59 Å². The number of rotatable bonds is 5. The van der Waals surface area contributed by atoms with Crippen LogP contribution in [0.4, 0.5) is 4.39 Å². The summed E-state index contributed by atoms with van der Waals surface area (Å²) in [5, 5.41) is 15.1. The summed E-state index contributed by atoms with van der Waals surface area (Å²) in [6, 6.07) is 7.85. The Bertz CT molecular complexity index is 1300. The molecule has 3 heterocycles. The number of fused-ring (bicyclic) bond motifs is 1. The molecule has 1 N–H and O–H groups in total. The monoisotopic (exact) mass is 509 g/mol. The van der Waals surface area contributed by atoms with Crippen LogP contribution in [-0.4, -0.2) is 73.1 Å². The van der Waals surface area contributed by atoms with E-state index in [9.17, 15) is 19.1 Å². The molecule has 1 aromatic carbocycles. The molecule has 1 aliphatic rings. The van der Waals surface area contributed by atoms with Crippen LogP contribution in [0, 0.1) is 11.2 Å². The third kappa shape index (κ3) is 5.82. The number of amides is 2. The Labute approximate surface area is 217 Å². The van der Waals surface area contributed by atoms with Crippen molar-refractivity contribution >= 4 is 17.5 Å². The smallest absolute Gasteiger partial charge is 0.274 e. The quantitative estimate of drug-likeness (QED) is 0.559. The van der Waals surface area contributed by atoms with E-state index in [0.717, 1.165) is 11.1 Å². The van der Waals surface area contributed by atoms with Gasteiger partial charge < -0.3 is 14.9 Å². The molecule has 198 valence electrons. The summed E-state index contributed by atoms with van der Waals surface area (Å²) in [6.07, 6.45) is 0.961. The van der Waals surface area contributed by atoms with Crippen molar-refractivity contribution in [3.8, 4) is 11.3 Å². The minimum atomic E-state index is -1.05. The number of aromatic nitrogens is 3. The Hall–Kier alpha value is -3.33. The number of piperazine rings is 1. The second-order valence-corrected chi connectivity index (χ2v) is 11.5. The van der Waals surface area contributed by atoms with Crippen molar-refractivity contribution in [3.63, 3.8) is 0 Å². The third-order valence-electron chi connectivity index (χ3n) is 6.73. The first-order chi connectivity index (χ1) is 17.3. The second kappa shape index (κ2) is 10.2. The Balaban J connectivity index is 1.55. The lowest BCUT2D eigenvalue weighted by molar-refractivity contribution is -0.144. The summed E-state index contributed by atoms with van der Waals surface area (Å²) in [5.41, 5.74) is 3.10. The van der Waals surface area contributed by atoms with E-state index < -0.39 is 6.10 Å². The minimum Gasteiger partial charge on any atom is -0.383 e. The molecule has 0 saturated carbocycles. The lowest BCUT2D eigenvalue weighted by atomic mass is 9.89. The highest BCUT2D eigenvalue weighted by atomic mass is 19.1. The van der Waals surface area contributed by atoms with Gasteiger partial charge in [0.2, 0.25) is 0 Å². The normalized spacial score (nSPS) is 17.5. The number of hydrogen-bond donors (Lipinski definition) is 1. The number of carbonyl (C=O) groups excluding carboxylic acids is 2. The van der Waals surface area contributed by atoms with Crippen molar-refractivity contribution in [2.75, 3.05) is 19.6 Å². The minimum absolute atomic E-state index is 0.128. The molecule has 1 saturated heterocycles. The molecule has 37 heavy (non-hydrogen) atoms. The lowest BCUT2D eigenvalue weighted by Gasteiger charge is -2.40. The van der Waals surface area contributed by atoms with Crippen LogP contribution in [-0.2, 0) is 4.79 Å². The predicted molar refractivity (Wildman–Crippen MR) is 140 cm³/mol. The number of aliphatic hydroxyl groups excluding tert-OH is 1. The topological polar surface area (TPSA) is 91.0 Å². The average Bonchev–Trinajstić information content (AvgIpc) is 3.26. The molecule has 0 aliphatic carbocycles. The molecule has 1 aliphatic heterocycles. The van der Waals surface area contributed by atoms with E-state index in [1.54, 1.807) is 32.6 Å². The molecular formula is C28H36FN5O3. The molecule has 0 bridgehead atoms. The molecule has 2 atom stereocenters. The third-order valence-corrected chi connectivity index (χ3v) is 6.73. The van der Waals surface area contributed by atoms with Crippen molar-refractivity contribution in [2.24, 2.45) is 5.41 Å². The Morgan fingerprint density at radius 2 is 1.84 bits per heavy atom. The zero-order valence-corrected chi connectivity index (χ0v) is 22.4. The Kier molecular flexibility index (Phi) is 7.37. The zero-order chi connectivity index (χ0) is 27.1. The number of carbonyl (C=O) groups is 2. The summed E-state index contributed by atoms with van der Waals surface area (Å²) in [7, 11) is 0. The van der Waals surface area contributed by atoms with Gasteiger partial charge in [-0.15, -0.1) is 0 Å². The van der Waals surface area contributed by atoms with Crippen LogP contribution in [0.25, 0.3) is 16.9 Å². The Morgan fingerprint density at radius 3 is 2.43 bits per heavy atom. The van der Waals surface area contributed by atoms with E-state index in [-0.39, 0.29) is 40.7 Å². The zero-order valence-electron chi connectivity index (χ0n) is 22.4. The fraction of sp³-hybridized carbons (Fsp3) is 0.500. The Morgan fingerprint density at radius 1 is 1.16 bits per heavy atom. The molecule has 9 heteroatoms. The number of halogens is 1. The number of imidazole rings is 1. The van der Waals surface area contributed by atoms with Crippen molar-refractivity contribution in [1.29, 1.82) is 0 Å². The van der Waals surface area contributed by atoms with Crippen molar-refractivity contribution in [2.45, 2.75) is 66.0 Å². The molecule has 0 spiro atoms. The summed E-state index contributed by atoms with van der Waals surface area (Å²) in [6.45, 7) is 13.0. The van der Waals surface area contributed by atoms with Crippen LogP contribution in [0.2, 0.25) is 0 Å². The van der Waals surface area contributed by atoms with Crippen molar-refractivity contribution in [3.05, 3.63) is 53.6 Å². The van der Waals surface area contributed by atoms with Gasteiger partial charge >= 0.3 is 0 Å². The van der Waals surface area contributed by atoms with Gasteiger partial charge in [-0.05, 0) is 55.0 Å². The van der Waals surface area contributed by atoms with Gasteiger partial charge in [-0.1, -0.05) is 34.6 Å². The molecular weight excluding hydrogens is 473 g/mol. The van der Waals surface area contributed by atoms with E-state index in [1.165, 1.54) is 12.1 Å². The molecule has 2 aromatic heterocycles. The van der Waals surface area contributed by atoms with E-state index in [2.05, 4.69) is 10.1 Å². The molecule has 2 amide bonds. The predicted octanol–water partition coefficient (Wildman–Crippen LogP) is 4.13. The van der Waals surface area contributed by atoms with Gasteiger partial charge in [0.1, 0.15) is 17.6 Å². The van der Waals surface area contributed by atoms with Gasteiger partial charge in [0, 0.05) is 36.8 Å². The first-order valence-electron chi connectivity index (χ1n) is 12.8. The fourth-order valence-corrected chi connectivity index (χ4v) is 4.78. The van der Waals surface area contributed by atoms with Crippen LogP contribution < -0.4 is 0 Å². The van der Waals surface area contributed by atoms with Crippen molar-refractivity contribution in [1.82, 2.24) is 24.4 Å². The van der Waals surface area contributed by atoms with Gasteiger partial charge in [0.25, 0.3) is 11.8 Å². The molecule has 0 unspecified atom stereocenters. The number of nitrogens with zero attached hydrogens (tertiary/aromatic N) is 5. The highest BCUT2D eigenvalue weighted by Gasteiger charge is 2.34. The summed E-state index contributed by atoms with van der Waals surface area (Å²) in [5.74, 6) is -0.703. The number of hydrogen-bond acceptors (Lipinski definition) is 5. The van der Waals surface area contributed by atoms with Gasteiger partial charge in [-0.25, -0.2) is 13.9 Å². The molecule has 4 rings (SSSR count). The number of aliphatic hydroxyl groups is 1. The van der Waals surface area contributed by atoms with Crippen LogP contribution in [0.3, 0.4) is 0 Å². The van der Waals surface area contributed by atoms with Crippen LogP contribution >= 0.6 is 0 Å². The van der Waals surface area contributed by atoms with E-state index in [0.29, 0.717) is 37.4 Å². The van der Waals surface area contributed by atoms with Crippen LogP contribution in [0.5, 0.6) is 0 Å². The summed E-state index contributed by atoms with van der Waals surface area (Å²) in [4.78, 5) is 34.3. The van der Waals surface area contributed by atoms with Crippen LogP contribution in [0.1, 0.15) is 69.9 Å². The van der Waals surface area contributed by atoms with E-state index >= 15 is 0 Å². The summed E-state index contributed by atoms with van der Waals surface area (Å²) >= 11 is 0. The summed E-state index contributed by atoms with van der Waals surface area (Å²) < 4.78 is 15.0. The second-order valence-electron chi connectivity index (χ2n) is 11.5. The van der Waals surface area contributed by atoms with E-state index in [4.69, 9.17) is 0 Å². The molecule has 0 radical (unpaired) electrons. The lowest BCUT2D eigenvalue weighted by Crippen LogP contribution is -2.57. The van der Waals surface area contributed by atoms with Gasteiger partial charge in [0.15, 0.2) is 5.65 Å². The maximum Gasteiger partial charge on any atom is 0.274 e. The first-order valence-corrected chi connectivity index (χ1v) is 12.8. The molecule has 8 nitrogen and oxygen atoms in total. The fourth-order valence-electron chi connectivity index (χ4n) is 4.78. The van der Waals surface area contributed by atoms with Crippen molar-refractivity contribution < 1.29 is 19.1 Å². The van der Waals surface area contributed by atoms with E-state index in [1.807, 2.05) is 47.6 Å². The van der Waals surface area contributed by atoms with Gasteiger partial charge in [0.05, 0.1) is 11.9 Å². The average molecular weight is 510 g/mol. The highest BCUT2D eigenvalue weighted by Crippen LogP contribution is 2.27. The van der Waals surface area contributed by atoms with Crippen LogP contribution in [0.15, 0.2) is 36.5 Å². The number of benzene rings is 1. The maximum absolute atomic E-state index is 13.5. The maximum atomic E-state index is 13.5. The molecule has 3 aromatic rings.